The molecule has 3 rings (SSSR count). The Bertz CT molecular complexity index is 543. The molecule has 0 unspecified atom stereocenters. The van der Waals surface area contributed by atoms with Crippen LogP contribution in [0.15, 0.2) is 12.3 Å². The summed E-state index contributed by atoms with van der Waals surface area (Å²) in [5.41, 5.74) is 0.214. The van der Waals surface area contributed by atoms with Crippen LogP contribution in [0.2, 0.25) is 5.02 Å². The minimum atomic E-state index is -0.423. The number of halogens is 1. The highest BCUT2D eigenvalue weighted by Gasteiger charge is 2.52. The SMILES string of the molecule is CC1(C)OB(c2cc(Cl)cnc2N2CCCCC2)OC1(C)C. The average Bonchev–Trinajstić information content (AvgIpc) is 2.68. The van der Waals surface area contributed by atoms with Crippen molar-refractivity contribution in [1.29, 1.82) is 0 Å². The van der Waals surface area contributed by atoms with Crippen molar-refractivity contribution in [3.05, 3.63) is 17.3 Å². The van der Waals surface area contributed by atoms with Gasteiger partial charge in [-0.3, -0.25) is 0 Å². The Balaban J connectivity index is 1.94. The smallest absolute Gasteiger partial charge is 0.399 e. The number of hydrogen-bond acceptors (Lipinski definition) is 4. The zero-order chi connectivity index (χ0) is 16.0. The number of anilines is 1. The molecular formula is C16H24BClN2O2. The van der Waals surface area contributed by atoms with E-state index in [0.29, 0.717) is 5.02 Å². The lowest BCUT2D eigenvalue weighted by molar-refractivity contribution is 0.00578. The van der Waals surface area contributed by atoms with E-state index in [4.69, 9.17) is 20.9 Å². The summed E-state index contributed by atoms with van der Waals surface area (Å²) in [6, 6.07) is 1.93. The minimum absolute atomic E-state index is 0.362. The van der Waals surface area contributed by atoms with Crippen LogP contribution in [0.3, 0.4) is 0 Å². The maximum Gasteiger partial charge on any atom is 0.498 e. The van der Waals surface area contributed by atoms with Gasteiger partial charge in [0.05, 0.1) is 16.2 Å². The van der Waals surface area contributed by atoms with Crippen LogP contribution in [-0.2, 0) is 9.31 Å². The molecule has 0 aliphatic carbocycles. The fourth-order valence-corrected chi connectivity index (χ4v) is 3.13. The molecule has 0 N–H and O–H groups in total. The second-order valence-electron chi connectivity index (χ2n) is 7.20. The van der Waals surface area contributed by atoms with Crippen LogP contribution < -0.4 is 10.4 Å². The highest BCUT2D eigenvalue weighted by Crippen LogP contribution is 2.37. The Morgan fingerprint density at radius 3 is 2.27 bits per heavy atom. The van der Waals surface area contributed by atoms with E-state index in [1.807, 2.05) is 6.07 Å². The van der Waals surface area contributed by atoms with Crippen LogP contribution >= 0.6 is 11.6 Å². The van der Waals surface area contributed by atoms with Crippen LogP contribution in [0.5, 0.6) is 0 Å². The standard InChI is InChI=1S/C16H24BClN2O2/c1-15(2)16(3,4)22-17(21-15)13-10-12(18)11-19-14(13)20-8-6-5-7-9-20/h10-11H,5-9H2,1-4H3. The molecule has 0 saturated carbocycles. The highest BCUT2D eigenvalue weighted by molar-refractivity contribution is 6.64. The van der Waals surface area contributed by atoms with E-state index in [1.165, 1.54) is 19.3 Å². The molecule has 6 heteroatoms. The number of rotatable bonds is 2. The maximum atomic E-state index is 6.19. The van der Waals surface area contributed by atoms with Crippen molar-refractivity contribution in [2.45, 2.75) is 58.2 Å². The Labute approximate surface area is 138 Å². The summed E-state index contributed by atoms with van der Waals surface area (Å²) in [6.07, 6.45) is 5.40. The molecule has 0 bridgehead atoms. The molecule has 0 atom stereocenters. The van der Waals surface area contributed by atoms with Crippen molar-refractivity contribution in [2.75, 3.05) is 18.0 Å². The van der Waals surface area contributed by atoms with E-state index in [1.54, 1.807) is 6.20 Å². The van der Waals surface area contributed by atoms with Gasteiger partial charge in [0.15, 0.2) is 0 Å². The fourth-order valence-electron chi connectivity index (χ4n) is 2.96. The van der Waals surface area contributed by atoms with E-state index < -0.39 is 7.12 Å². The highest BCUT2D eigenvalue weighted by atomic mass is 35.5. The topological polar surface area (TPSA) is 34.6 Å². The zero-order valence-electron chi connectivity index (χ0n) is 13.9. The van der Waals surface area contributed by atoms with Crippen molar-refractivity contribution in [1.82, 2.24) is 4.98 Å². The molecule has 0 radical (unpaired) electrons. The van der Waals surface area contributed by atoms with Crippen molar-refractivity contribution in [2.24, 2.45) is 0 Å². The molecule has 3 heterocycles. The average molecular weight is 323 g/mol. The van der Waals surface area contributed by atoms with Gasteiger partial charge in [0.25, 0.3) is 0 Å². The number of piperidine rings is 1. The third-order valence-electron chi connectivity index (χ3n) is 5.02. The van der Waals surface area contributed by atoms with E-state index >= 15 is 0 Å². The summed E-state index contributed by atoms with van der Waals surface area (Å²) in [5, 5.41) is 0.616. The molecule has 22 heavy (non-hydrogen) atoms. The molecule has 0 aromatic carbocycles. The van der Waals surface area contributed by atoms with Gasteiger partial charge in [-0.15, -0.1) is 0 Å². The van der Waals surface area contributed by atoms with Crippen molar-refractivity contribution in [3.8, 4) is 0 Å². The van der Waals surface area contributed by atoms with E-state index in [-0.39, 0.29) is 11.2 Å². The van der Waals surface area contributed by atoms with Gasteiger partial charge in [-0.1, -0.05) is 11.6 Å². The van der Waals surface area contributed by atoms with Gasteiger partial charge in [0.2, 0.25) is 0 Å². The molecule has 2 aliphatic rings. The predicted molar refractivity (Wildman–Crippen MR) is 91.0 cm³/mol. The number of aromatic nitrogens is 1. The third kappa shape index (κ3) is 2.86. The molecule has 120 valence electrons. The molecule has 0 amide bonds. The number of nitrogens with zero attached hydrogens (tertiary/aromatic N) is 2. The number of hydrogen-bond donors (Lipinski definition) is 0. The fraction of sp³-hybridized carbons (Fsp3) is 0.688. The lowest BCUT2D eigenvalue weighted by Gasteiger charge is -2.32. The molecule has 1 aromatic rings. The van der Waals surface area contributed by atoms with Crippen LogP contribution in [0, 0.1) is 0 Å². The Morgan fingerprint density at radius 2 is 1.68 bits per heavy atom. The summed E-state index contributed by atoms with van der Waals surface area (Å²) in [4.78, 5) is 6.90. The lowest BCUT2D eigenvalue weighted by atomic mass is 9.79. The number of pyridine rings is 1. The summed E-state index contributed by atoms with van der Waals surface area (Å²) in [6.45, 7) is 10.3. The molecule has 2 aliphatic heterocycles. The Morgan fingerprint density at radius 1 is 1.09 bits per heavy atom. The molecule has 1 aromatic heterocycles. The normalized spacial score (nSPS) is 23.9. The van der Waals surface area contributed by atoms with Crippen LogP contribution in [0.4, 0.5) is 5.82 Å². The van der Waals surface area contributed by atoms with E-state index in [0.717, 1.165) is 24.4 Å². The summed E-state index contributed by atoms with van der Waals surface area (Å²) < 4.78 is 12.4. The first kappa shape index (κ1) is 16.1. The molecule has 0 spiro atoms. The third-order valence-corrected chi connectivity index (χ3v) is 5.23. The molecule has 4 nitrogen and oxygen atoms in total. The van der Waals surface area contributed by atoms with E-state index in [2.05, 4.69) is 37.6 Å². The first-order valence-corrected chi connectivity index (χ1v) is 8.44. The van der Waals surface area contributed by atoms with Crippen molar-refractivity contribution >= 4 is 30.0 Å². The summed E-state index contributed by atoms with van der Waals surface area (Å²) in [5.74, 6) is 0.947. The van der Waals surface area contributed by atoms with E-state index in [9.17, 15) is 0 Å². The molecular weight excluding hydrogens is 298 g/mol. The first-order valence-electron chi connectivity index (χ1n) is 8.06. The van der Waals surface area contributed by atoms with Gasteiger partial charge in [-0.2, -0.15) is 0 Å². The van der Waals surface area contributed by atoms with Crippen LogP contribution in [0.25, 0.3) is 0 Å². The Hall–Kier alpha value is -0.775. The van der Waals surface area contributed by atoms with Gasteiger partial charge < -0.3 is 14.2 Å². The van der Waals surface area contributed by atoms with Crippen molar-refractivity contribution < 1.29 is 9.31 Å². The van der Waals surface area contributed by atoms with Crippen molar-refractivity contribution in [3.63, 3.8) is 0 Å². The second kappa shape index (κ2) is 5.70. The van der Waals surface area contributed by atoms with Gasteiger partial charge in [0, 0.05) is 24.7 Å². The molecule has 2 saturated heterocycles. The van der Waals surface area contributed by atoms with Gasteiger partial charge in [-0.25, -0.2) is 4.98 Å². The lowest BCUT2D eigenvalue weighted by Crippen LogP contribution is -2.42. The largest absolute Gasteiger partial charge is 0.498 e. The zero-order valence-corrected chi connectivity index (χ0v) is 14.6. The summed E-state index contributed by atoms with van der Waals surface area (Å²) >= 11 is 6.18. The summed E-state index contributed by atoms with van der Waals surface area (Å²) in [7, 11) is -0.423. The quantitative estimate of drug-likeness (QED) is 0.784. The molecule has 2 fully saturated rings. The van der Waals surface area contributed by atoms with Gasteiger partial charge >= 0.3 is 7.12 Å². The monoisotopic (exact) mass is 322 g/mol. The second-order valence-corrected chi connectivity index (χ2v) is 7.64. The maximum absolute atomic E-state index is 6.19. The van der Waals surface area contributed by atoms with Crippen LogP contribution in [-0.4, -0.2) is 36.4 Å². The predicted octanol–water partition coefficient (Wildman–Crippen LogP) is 3.02. The van der Waals surface area contributed by atoms with Crippen LogP contribution in [0.1, 0.15) is 47.0 Å². The Kier molecular flexibility index (Phi) is 4.17. The minimum Gasteiger partial charge on any atom is -0.399 e. The van der Waals surface area contributed by atoms with Gasteiger partial charge in [0.1, 0.15) is 5.82 Å². The first-order chi connectivity index (χ1) is 10.3. The van der Waals surface area contributed by atoms with Gasteiger partial charge in [-0.05, 0) is 53.0 Å².